The highest BCUT2D eigenvalue weighted by atomic mass is 16.3. The van der Waals surface area contributed by atoms with Gasteiger partial charge in [0.25, 0.3) is 11.8 Å². The van der Waals surface area contributed by atoms with Crippen molar-refractivity contribution in [2.45, 2.75) is 0 Å². The molecule has 0 aliphatic rings. The SMILES string of the molecule is O=C(N/N=C/c1c(O)cc(O)cc1O)c1cccc(C(=O)N/N=C/c2c(O)cc(O)cc2O)c1. The van der Waals surface area contributed by atoms with E-state index < -0.39 is 34.8 Å². The van der Waals surface area contributed by atoms with Crippen LogP contribution in [-0.2, 0) is 0 Å². The zero-order valence-corrected chi connectivity index (χ0v) is 17.2. The van der Waals surface area contributed by atoms with Crippen molar-refractivity contribution < 1.29 is 40.2 Å². The molecular formula is C22H18N4O8. The van der Waals surface area contributed by atoms with Gasteiger partial charge in [-0.05, 0) is 18.2 Å². The molecule has 34 heavy (non-hydrogen) atoms. The topological polar surface area (TPSA) is 204 Å². The monoisotopic (exact) mass is 466 g/mol. The number of phenols is 6. The van der Waals surface area contributed by atoms with Crippen LogP contribution >= 0.6 is 0 Å². The Bertz CT molecular complexity index is 1180. The number of amides is 2. The summed E-state index contributed by atoms with van der Waals surface area (Å²) in [6.45, 7) is 0. The molecule has 0 fully saturated rings. The molecule has 0 bridgehead atoms. The van der Waals surface area contributed by atoms with Gasteiger partial charge in [0.15, 0.2) is 0 Å². The van der Waals surface area contributed by atoms with Crippen molar-refractivity contribution in [1.82, 2.24) is 10.9 Å². The summed E-state index contributed by atoms with van der Waals surface area (Å²) in [5, 5.41) is 64.7. The maximum absolute atomic E-state index is 12.3. The van der Waals surface area contributed by atoms with Gasteiger partial charge >= 0.3 is 0 Å². The van der Waals surface area contributed by atoms with Gasteiger partial charge in [-0.2, -0.15) is 10.2 Å². The number of carbonyl (C=O) groups excluding carboxylic acids is 2. The molecule has 3 aromatic rings. The molecule has 12 nitrogen and oxygen atoms in total. The number of nitrogens with one attached hydrogen (secondary N) is 2. The van der Waals surface area contributed by atoms with Crippen molar-refractivity contribution in [3.05, 3.63) is 70.8 Å². The van der Waals surface area contributed by atoms with Gasteiger partial charge in [0.1, 0.15) is 34.5 Å². The van der Waals surface area contributed by atoms with E-state index in [9.17, 15) is 40.2 Å². The Kier molecular flexibility index (Phi) is 6.82. The number of carbonyl (C=O) groups is 2. The Labute approximate surface area is 191 Å². The van der Waals surface area contributed by atoms with Crippen molar-refractivity contribution in [1.29, 1.82) is 0 Å². The van der Waals surface area contributed by atoms with Crippen LogP contribution in [-0.4, -0.2) is 54.9 Å². The first-order valence-electron chi connectivity index (χ1n) is 9.42. The zero-order chi connectivity index (χ0) is 24.8. The molecule has 174 valence electrons. The minimum atomic E-state index is -0.703. The molecule has 2 amide bonds. The van der Waals surface area contributed by atoms with Crippen molar-refractivity contribution >= 4 is 24.2 Å². The maximum Gasteiger partial charge on any atom is 0.271 e. The molecule has 8 N–H and O–H groups in total. The fourth-order valence-corrected chi connectivity index (χ4v) is 2.72. The standard InChI is InChI=1S/C22H18N4O8/c27-13-5-17(29)15(18(30)6-13)9-23-25-21(33)11-2-1-3-12(4-11)22(34)26-24-10-16-19(31)7-14(28)8-20(16)32/h1-10,27-32H,(H,25,33)(H,26,34)/b23-9+,24-10+. The third kappa shape index (κ3) is 5.50. The average Bonchev–Trinajstić information content (AvgIpc) is 2.77. The van der Waals surface area contributed by atoms with Gasteiger partial charge in [0.05, 0.1) is 23.6 Å². The lowest BCUT2D eigenvalue weighted by molar-refractivity contribution is 0.0954. The number of hydrogen-bond donors (Lipinski definition) is 8. The number of hydrazone groups is 2. The summed E-state index contributed by atoms with van der Waals surface area (Å²) in [6, 6.07) is 9.44. The van der Waals surface area contributed by atoms with Crippen LogP contribution in [0.15, 0.2) is 58.7 Å². The first-order chi connectivity index (χ1) is 16.2. The number of aromatic hydroxyl groups is 6. The first kappa shape index (κ1) is 23.4. The summed E-state index contributed by atoms with van der Waals surface area (Å²) >= 11 is 0. The van der Waals surface area contributed by atoms with Crippen molar-refractivity contribution in [3.63, 3.8) is 0 Å². The van der Waals surface area contributed by atoms with E-state index in [1.54, 1.807) is 0 Å². The maximum atomic E-state index is 12.3. The molecule has 0 unspecified atom stereocenters. The number of rotatable bonds is 6. The molecule has 0 aliphatic heterocycles. The van der Waals surface area contributed by atoms with Crippen LogP contribution in [0.5, 0.6) is 34.5 Å². The smallest absolute Gasteiger partial charge is 0.271 e. The average molecular weight is 466 g/mol. The van der Waals surface area contributed by atoms with Crippen LogP contribution in [0.2, 0.25) is 0 Å². The first-order valence-corrected chi connectivity index (χ1v) is 9.42. The van der Waals surface area contributed by atoms with E-state index in [4.69, 9.17) is 0 Å². The Morgan fingerprint density at radius 2 is 0.971 bits per heavy atom. The van der Waals surface area contributed by atoms with E-state index in [0.29, 0.717) is 0 Å². The third-order valence-corrected chi connectivity index (χ3v) is 4.35. The molecule has 12 heteroatoms. The van der Waals surface area contributed by atoms with E-state index in [2.05, 4.69) is 21.1 Å². The quantitative estimate of drug-likeness (QED) is 0.197. The lowest BCUT2D eigenvalue weighted by Gasteiger charge is -2.05. The number of phenolic OH excluding ortho intramolecular Hbond substituents is 6. The highest BCUT2D eigenvalue weighted by Gasteiger charge is 2.12. The largest absolute Gasteiger partial charge is 0.508 e. The van der Waals surface area contributed by atoms with E-state index in [1.165, 1.54) is 24.3 Å². The fourth-order valence-electron chi connectivity index (χ4n) is 2.72. The zero-order valence-electron chi connectivity index (χ0n) is 17.2. The van der Waals surface area contributed by atoms with E-state index in [1.807, 2.05) is 0 Å². The number of nitrogens with zero attached hydrogens (tertiary/aromatic N) is 2. The Hall–Kier alpha value is -5.26. The number of benzene rings is 3. The second-order valence-corrected chi connectivity index (χ2v) is 6.77. The van der Waals surface area contributed by atoms with Gasteiger partial charge in [-0.15, -0.1) is 0 Å². The van der Waals surface area contributed by atoms with Crippen LogP contribution in [0.1, 0.15) is 31.8 Å². The Morgan fingerprint density at radius 1 is 0.618 bits per heavy atom. The van der Waals surface area contributed by atoms with Crippen LogP contribution in [0.4, 0.5) is 0 Å². The van der Waals surface area contributed by atoms with Crippen LogP contribution in [0.3, 0.4) is 0 Å². The van der Waals surface area contributed by atoms with Gasteiger partial charge in [-0.3, -0.25) is 9.59 Å². The van der Waals surface area contributed by atoms with Crippen LogP contribution in [0, 0.1) is 0 Å². The van der Waals surface area contributed by atoms with Crippen LogP contribution < -0.4 is 10.9 Å². The second kappa shape index (κ2) is 9.91. The Balaban J connectivity index is 1.66. The highest BCUT2D eigenvalue weighted by molar-refractivity contribution is 6.00. The lowest BCUT2D eigenvalue weighted by Crippen LogP contribution is -2.20. The molecule has 0 aliphatic carbocycles. The van der Waals surface area contributed by atoms with E-state index >= 15 is 0 Å². The predicted molar refractivity (Wildman–Crippen MR) is 119 cm³/mol. The minimum absolute atomic E-state index is 0.0572. The summed E-state index contributed by atoms with van der Waals surface area (Å²) in [5.41, 5.74) is 4.20. The van der Waals surface area contributed by atoms with Gasteiger partial charge in [0, 0.05) is 35.4 Å². The molecule has 0 saturated carbocycles. The summed E-state index contributed by atoms with van der Waals surface area (Å²) < 4.78 is 0. The van der Waals surface area contributed by atoms with Crippen LogP contribution in [0.25, 0.3) is 0 Å². The van der Waals surface area contributed by atoms with Gasteiger partial charge in [-0.25, -0.2) is 10.9 Å². The lowest BCUT2D eigenvalue weighted by atomic mass is 10.1. The van der Waals surface area contributed by atoms with Gasteiger partial charge in [0.2, 0.25) is 0 Å². The van der Waals surface area contributed by atoms with Gasteiger partial charge < -0.3 is 30.6 Å². The fraction of sp³-hybridized carbons (Fsp3) is 0. The van der Waals surface area contributed by atoms with Gasteiger partial charge in [-0.1, -0.05) is 6.07 Å². The van der Waals surface area contributed by atoms with Crippen molar-refractivity contribution in [3.8, 4) is 34.5 Å². The predicted octanol–water partition coefficient (Wildman–Crippen LogP) is 1.45. The normalized spacial score (nSPS) is 11.1. The molecular weight excluding hydrogens is 448 g/mol. The summed E-state index contributed by atoms with van der Waals surface area (Å²) in [7, 11) is 0. The summed E-state index contributed by atoms with van der Waals surface area (Å²) in [6.07, 6.45) is 1.95. The summed E-state index contributed by atoms with van der Waals surface area (Å²) in [4.78, 5) is 24.6. The summed E-state index contributed by atoms with van der Waals surface area (Å²) in [5.74, 6) is -3.93. The molecule has 0 radical (unpaired) electrons. The molecule has 0 aromatic heterocycles. The van der Waals surface area contributed by atoms with E-state index in [-0.39, 0.29) is 33.8 Å². The molecule has 3 aromatic carbocycles. The molecule has 0 spiro atoms. The minimum Gasteiger partial charge on any atom is -0.508 e. The second-order valence-electron chi connectivity index (χ2n) is 6.77. The highest BCUT2D eigenvalue weighted by Crippen LogP contribution is 2.31. The Morgan fingerprint density at radius 3 is 1.32 bits per heavy atom. The molecule has 0 heterocycles. The van der Waals surface area contributed by atoms with E-state index in [0.717, 1.165) is 36.7 Å². The molecule has 0 saturated heterocycles. The third-order valence-electron chi connectivity index (χ3n) is 4.35. The van der Waals surface area contributed by atoms with Crippen molar-refractivity contribution in [2.75, 3.05) is 0 Å². The number of hydrogen-bond acceptors (Lipinski definition) is 10. The van der Waals surface area contributed by atoms with Crippen molar-refractivity contribution in [2.24, 2.45) is 10.2 Å². The molecule has 0 atom stereocenters. The molecule has 3 rings (SSSR count).